The van der Waals surface area contributed by atoms with E-state index in [1.807, 2.05) is 0 Å². The Morgan fingerprint density at radius 3 is 2.10 bits per heavy atom. The largest absolute Gasteiger partial charge is 0.480 e. The van der Waals surface area contributed by atoms with Gasteiger partial charge in [-0.05, 0) is 0 Å². The summed E-state index contributed by atoms with van der Waals surface area (Å²) >= 11 is 0. The predicted molar refractivity (Wildman–Crippen MR) is 71.5 cm³/mol. The van der Waals surface area contributed by atoms with Crippen LogP contribution in [0.2, 0.25) is 0 Å². The van der Waals surface area contributed by atoms with Crippen LogP contribution in [0.25, 0.3) is 0 Å². The van der Waals surface area contributed by atoms with Gasteiger partial charge in [0.15, 0.2) is 15.1 Å². The van der Waals surface area contributed by atoms with Gasteiger partial charge in [0.05, 0.1) is 32.9 Å². The summed E-state index contributed by atoms with van der Waals surface area (Å²) in [7, 11) is -4.64. The van der Waals surface area contributed by atoms with Crippen LogP contribution < -0.4 is 0 Å². The first kappa shape index (κ1) is 17.3. The van der Waals surface area contributed by atoms with E-state index in [2.05, 4.69) is 0 Å². The van der Waals surface area contributed by atoms with E-state index in [-0.39, 0.29) is 6.54 Å². The number of nitrogens with zero attached hydrogens (tertiary/aromatic N) is 1. The molecule has 0 aliphatic carbocycles. The van der Waals surface area contributed by atoms with Crippen LogP contribution in [0.1, 0.15) is 0 Å². The molecule has 1 rings (SSSR count). The van der Waals surface area contributed by atoms with Gasteiger partial charge in [-0.15, -0.1) is 0 Å². The lowest BCUT2D eigenvalue weighted by molar-refractivity contribution is -0.880. The fourth-order valence-electron chi connectivity index (χ4n) is 3.04. The van der Waals surface area contributed by atoms with Gasteiger partial charge < -0.3 is 9.59 Å². The lowest BCUT2D eigenvalue weighted by Crippen LogP contribution is -2.43. The van der Waals surface area contributed by atoms with Gasteiger partial charge in [-0.1, -0.05) is 0 Å². The average molecular weight is 330 g/mol. The summed E-state index contributed by atoms with van der Waals surface area (Å²) in [5.41, 5.74) is 0. The minimum absolute atomic E-state index is 0.226. The summed E-state index contributed by atoms with van der Waals surface area (Å²) in [6.45, 7) is 0.522. The quantitative estimate of drug-likeness (QED) is 0.473. The lowest BCUT2D eigenvalue weighted by atomic mass is 9.94. The molecule has 0 amide bonds. The van der Waals surface area contributed by atoms with E-state index in [1.165, 1.54) is 0 Å². The SMILES string of the molecule is C[N+]1(C)CC(CS(=O)(=O)O)C(C(C(=O)O)S(C)(=O)=O)C1. The first-order chi connectivity index (χ1) is 8.73. The van der Waals surface area contributed by atoms with Gasteiger partial charge in [-0.3, -0.25) is 9.35 Å². The number of rotatable bonds is 5. The molecule has 20 heavy (non-hydrogen) atoms. The molecule has 0 saturated carbocycles. The Hall–Kier alpha value is -0.710. The van der Waals surface area contributed by atoms with E-state index in [1.54, 1.807) is 14.1 Å². The van der Waals surface area contributed by atoms with Crippen LogP contribution in [0.5, 0.6) is 0 Å². The molecule has 1 aliphatic heterocycles. The molecule has 0 aromatic carbocycles. The van der Waals surface area contributed by atoms with E-state index in [0.29, 0.717) is 11.0 Å². The Morgan fingerprint density at radius 1 is 1.25 bits per heavy atom. The van der Waals surface area contributed by atoms with E-state index in [0.717, 1.165) is 6.26 Å². The molecule has 0 spiro atoms. The summed E-state index contributed by atoms with van der Waals surface area (Å²) in [4.78, 5) is 11.3. The van der Waals surface area contributed by atoms with Gasteiger partial charge in [0, 0.05) is 18.1 Å². The average Bonchev–Trinajstić information content (AvgIpc) is 2.34. The molecule has 1 saturated heterocycles. The van der Waals surface area contributed by atoms with Crippen molar-refractivity contribution in [2.75, 3.05) is 39.2 Å². The van der Waals surface area contributed by atoms with Gasteiger partial charge in [0.25, 0.3) is 10.1 Å². The van der Waals surface area contributed by atoms with Gasteiger partial charge in [-0.25, -0.2) is 8.42 Å². The Labute approximate surface area is 118 Å². The van der Waals surface area contributed by atoms with E-state index < -0.39 is 48.8 Å². The maximum absolute atomic E-state index is 11.7. The van der Waals surface area contributed by atoms with Crippen LogP contribution in [-0.2, 0) is 24.7 Å². The normalized spacial score (nSPS) is 28.2. The number of sulfone groups is 1. The second-order valence-corrected chi connectivity index (χ2v) is 9.73. The number of likely N-dealkylation sites (tertiary alicyclic amines) is 1. The number of quaternary nitrogens is 1. The van der Waals surface area contributed by atoms with E-state index in [4.69, 9.17) is 9.66 Å². The van der Waals surface area contributed by atoms with Crippen molar-refractivity contribution in [2.24, 2.45) is 11.8 Å². The summed E-state index contributed by atoms with van der Waals surface area (Å²) in [5, 5.41) is 7.50. The van der Waals surface area contributed by atoms with Crippen LogP contribution >= 0.6 is 0 Å². The van der Waals surface area contributed by atoms with Crippen molar-refractivity contribution in [3.63, 3.8) is 0 Å². The fraction of sp³-hybridized carbons (Fsp3) is 0.900. The van der Waals surface area contributed by atoms with Crippen LogP contribution in [0, 0.1) is 11.8 Å². The number of aliphatic carboxylic acids is 1. The Kier molecular flexibility index (Phi) is 4.55. The van der Waals surface area contributed by atoms with Crippen molar-refractivity contribution in [1.82, 2.24) is 0 Å². The molecule has 0 aromatic heterocycles. The maximum atomic E-state index is 11.7. The molecule has 1 heterocycles. The smallest absolute Gasteiger partial charge is 0.322 e. The molecule has 2 N–H and O–H groups in total. The predicted octanol–water partition coefficient (Wildman–Crippen LogP) is -1.31. The molecule has 3 atom stereocenters. The third-order valence-corrected chi connectivity index (χ3v) is 5.88. The zero-order valence-corrected chi connectivity index (χ0v) is 13.2. The topological polar surface area (TPSA) is 126 Å². The van der Waals surface area contributed by atoms with Crippen molar-refractivity contribution in [1.29, 1.82) is 0 Å². The molecular weight excluding hydrogens is 310 g/mol. The summed E-state index contributed by atoms with van der Waals surface area (Å²) in [6, 6.07) is 0. The molecule has 3 unspecified atom stereocenters. The van der Waals surface area contributed by atoms with Crippen molar-refractivity contribution >= 4 is 25.9 Å². The molecule has 118 valence electrons. The van der Waals surface area contributed by atoms with E-state index >= 15 is 0 Å². The monoisotopic (exact) mass is 330 g/mol. The highest BCUT2D eigenvalue weighted by molar-refractivity contribution is 7.92. The fourth-order valence-corrected chi connectivity index (χ4v) is 5.24. The van der Waals surface area contributed by atoms with E-state index in [9.17, 15) is 21.6 Å². The van der Waals surface area contributed by atoms with Crippen LogP contribution in [0.3, 0.4) is 0 Å². The van der Waals surface area contributed by atoms with Crippen molar-refractivity contribution in [2.45, 2.75) is 5.25 Å². The first-order valence-corrected chi connectivity index (χ1v) is 9.48. The molecule has 0 radical (unpaired) electrons. The van der Waals surface area contributed by atoms with Gasteiger partial charge >= 0.3 is 5.97 Å². The molecule has 8 nitrogen and oxygen atoms in total. The minimum Gasteiger partial charge on any atom is -0.480 e. The molecule has 0 aromatic rings. The highest BCUT2D eigenvalue weighted by Gasteiger charge is 2.51. The number of hydrogen-bond donors (Lipinski definition) is 2. The second kappa shape index (κ2) is 5.24. The third kappa shape index (κ3) is 4.40. The third-order valence-electron chi connectivity index (χ3n) is 3.56. The van der Waals surface area contributed by atoms with Crippen LogP contribution in [0.4, 0.5) is 0 Å². The molecule has 1 fully saturated rings. The van der Waals surface area contributed by atoms with Gasteiger partial charge in [-0.2, -0.15) is 8.42 Å². The minimum atomic E-state index is -4.29. The number of hydrogen-bond acceptors (Lipinski definition) is 5. The first-order valence-electron chi connectivity index (χ1n) is 5.92. The van der Waals surface area contributed by atoms with Crippen molar-refractivity contribution in [3.05, 3.63) is 0 Å². The van der Waals surface area contributed by atoms with Crippen LogP contribution in [0.15, 0.2) is 0 Å². The molecule has 0 bridgehead atoms. The number of carbonyl (C=O) groups is 1. The highest BCUT2D eigenvalue weighted by atomic mass is 32.2. The zero-order valence-electron chi connectivity index (χ0n) is 11.6. The van der Waals surface area contributed by atoms with Crippen LogP contribution in [-0.4, -0.2) is 81.4 Å². The highest BCUT2D eigenvalue weighted by Crippen LogP contribution is 2.33. The molecule has 1 aliphatic rings. The molecular formula is C10H20NO7S2+. The number of carboxylic acids is 1. The second-order valence-electron chi connectivity index (χ2n) is 6.06. The van der Waals surface area contributed by atoms with Crippen molar-refractivity contribution < 1.29 is 35.8 Å². The Balaban J connectivity index is 3.20. The van der Waals surface area contributed by atoms with Crippen molar-refractivity contribution in [3.8, 4) is 0 Å². The summed E-state index contributed by atoms with van der Waals surface area (Å²) in [6.07, 6.45) is 0.828. The Morgan fingerprint density at radius 2 is 1.75 bits per heavy atom. The van der Waals surface area contributed by atoms with Gasteiger partial charge in [0.1, 0.15) is 0 Å². The molecule has 10 heteroatoms. The number of carboxylic acid groups (broad SMARTS) is 1. The zero-order chi connectivity index (χ0) is 15.9. The Bertz CT molecular complexity index is 593. The summed E-state index contributed by atoms with van der Waals surface area (Å²) < 4.78 is 54.7. The summed E-state index contributed by atoms with van der Waals surface area (Å²) in [5.74, 6) is -3.67. The lowest BCUT2D eigenvalue weighted by Gasteiger charge is -2.24. The standard InChI is InChI=1S/C10H19NO7S2/c1-11(2)4-7(6-20(16,17)18)8(5-11)9(10(12)13)19(3,14)15/h7-9H,4-6H2,1-3H3,(H-,12,13,16,17,18)/p+1. The van der Waals surface area contributed by atoms with Gasteiger partial charge in [0.2, 0.25) is 0 Å². The maximum Gasteiger partial charge on any atom is 0.322 e.